The molecule has 3 N–H and O–H groups in total. The Bertz CT molecular complexity index is 192. The van der Waals surface area contributed by atoms with Crippen LogP contribution in [0, 0.1) is 11.8 Å². The fourth-order valence-corrected chi connectivity index (χ4v) is 5.25. The van der Waals surface area contributed by atoms with Gasteiger partial charge >= 0.3 is 0 Å². The van der Waals surface area contributed by atoms with E-state index in [1.54, 1.807) is 0 Å². The minimum Gasteiger partial charge on any atom is -0.353 e. The Morgan fingerprint density at radius 3 is 2.08 bits per heavy atom. The summed E-state index contributed by atoms with van der Waals surface area (Å²) in [6, 6.07) is 0. The smallest absolute Gasteiger partial charge is 0.0964 e. The lowest BCUT2D eigenvalue weighted by molar-refractivity contribution is -0.502. The van der Waals surface area contributed by atoms with Crippen molar-refractivity contribution in [1.82, 2.24) is 0 Å². The van der Waals surface area contributed by atoms with E-state index >= 15 is 0 Å². The summed E-state index contributed by atoms with van der Waals surface area (Å²) < 4.78 is 0.395. The first-order chi connectivity index (χ1) is 5.57. The molecule has 0 saturated heterocycles. The minimum atomic E-state index is 0.395. The fraction of sp³-hybridized carbons (Fsp3) is 1.00. The molecule has 2 heteroatoms. The quantitative estimate of drug-likeness (QED) is 0.530. The molecule has 0 spiro atoms. The Kier molecular flexibility index (Phi) is 1.30. The molecule has 0 aromatic heterocycles. The molecule has 0 aromatic rings. The second-order valence-corrected chi connectivity index (χ2v) is 6.63. The van der Waals surface area contributed by atoms with Crippen LogP contribution in [0.2, 0.25) is 0 Å². The second kappa shape index (κ2) is 2.03. The molecule has 0 radical (unpaired) electrons. The van der Waals surface area contributed by atoms with Crippen molar-refractivity contribution in [3.63, 3.8) is 0 Å². The van der Waals surface area contributed by atoms with Crippen molar-refractivity contribution >= 4 is 12.6 Å². The molecule has 0 aromatic carbocycles. The van der Waals surface area contributed by atoms with E-state index in [2.05, 4.69) is 5.73 Å². The van der Waals surface area contributed by atoms with Crippen molar-refractivity contribution in [2.45, 2.75) is 48.8 Å². The van der Waals surface area contributed by atoms with Crippen molar-refractivity contribution < 1.29 is 5.73 Å². The molecule has 4 fully saturated rings. The van der Waals surface area contributed by atoms with Gasteiger partial charge in [0.05, 0.1) is 5.54 Å². The van der Waals surface area contributed by atoms with Gasteiger partial charge in [-0.2, -0.15) is 12.6 Å². The van der Waals surface area contributed by atoms with E-state index in [1.807, 2.05) is 0 Å². The molecule has 2 atom stereocenters. The molecule has 0 unspecified atom stereocenters. The van der Waals surface area contributed by atoms with Gasteiger partial charge in [-0.1, -0.05) is 0 Å². The van der Waals surface area contributed by atoms with Crippen LogP contribution in [0.25, 0.3) is 0 Å². The predicted octanol–water partition coefficient (Wildman–Crippen LogP) is 1.25. The summed E-state index contributed by atoms with van der Waals surface area (Å²) in [6.07, 6.45) is 8.32. The van der Waals surface area contributed by atoms with Gasteiger partial charge in [0.25, 0.3) is 0 Å². The summed E-state index contributed by atoms with van der Waals surface area (Å²) in [5, 5.41) is 0. The highest BCUT2D eigenvalue weighted by molar-refractivity contribution is 7.81. The number of thiol groups is 1. The van der Waals surface area contributed by atoms with Crippen molar-refractivity contribution in [1.29, 1.82) is 0 Å². The maximum absolute atomic E-state index is 4.86. The van der Waals surface area contributed by atoms with Crippen LogP contribution in [0.1, 0.15) is 38.5 Å². The van der Waals surface area contributed by atoms with Crippen LogP contribution in [-0.2, 0) is 0 Å². The van der Waals surface area contributed by atoms with Crippen LogP contribution < -0.4 is 5.73 Å². The van der Waals surface area contributed by atoms with Gasteiger partial charge in [-0.25, -0.2) is 0 Å². The third-order valence-electron chi connectivity index (χ3n) is 4.15. The van der Waals surface area contributed by atoms with Crippen LogP contribution in [-0.4, -0.2) is 10.3 Å². The number of rotatable bonds is 0. The maximum Gasteiger partial charge on any atom is 0.0964 e. The summed E-state index contributed by atoms with van der Waals surface area (Å²) in [6.45, 7) is 0. The number of hydrogen-bond donors (Lipinski definition) is 2. The Morgan fingerprint density at radius 1 is 1.08 bits per heavy atom. The van der Waals surface area contributed by atoms with Crippen molar-refractivity contribution in [3.05, 3.63) is 0 Å². The molecule has 0 amide bonds. The van der Waals surface area contributed by atoms with Gasteiger partial charge in [0.2, 0.25) is 0 Å². The van der Waals surface area contributed by atoms with E-state index < -0.39 is 0 Å². The molecule has 4 saturated carbocycles. The lowest BCUT2D eigenvalue weighted by atomic mass is 9.53. The van der Waals surface area contributed by atoms with Gasteiger partial charge in [-0.15, -0.1) is 0 Å². The Morgan fingerprint density at radius 2 is 1.67 bits per heavy atom. The lowest BCUT2D eigenvalue weighted by Crippen LogP contribution is -2.79. The summed E-state index contributed by atoms with van der Waals surface area (Å²) >= 11 is 4.86. The first kappa shape index (κ1) is 7.69. The largest absolute Gasteiger partial charge is 0.353 e. The van der Waals surface area contributed by atoms with E-state index in [0.717, 1.165) is 11.8 Å². The molecule has 0 heterocycles. The molecule has 68 valence electrons. The van der Waals surface area contributed by atoms with E-state index in [4.69, 9.17) is 12.6 Å². The van der Waals surface area contributed by atoms with Gasteiger partial charge in [0.15, 0.2) is 0 Å². The van der Waals surface area contributed by atoms with Gasteiger partial charge in [-0.05, 0) is 31.1 Å². The Hall–Kier alpha value is 0.310. The number of quaternary nitrogens is 1. The van der Waals surface area contributed by atoms with Crippen LogP contribution >= 0.6 is 12.6 Å². The highest BCUT2D eigenvalue weighted by Gasteiger charge is 2.56. The summed E-state index contributed by atoms with van der Waals surface area (Å²) in [5.74, 6) is 1.95. The zero-order valence-electron chi connectivity index (χ0n) is 7.55. The Labute approximate surface area is 79.5 Å². The Balaban J connectivity index is 1.98. The van der Waals surface area contributed by atoms with Gasteiger partial charge < -0.3 is 5.73 Å². The van der Waals surface area contributed by atoms with Gasteiger partial charge in [0, 0.05) is 24.0 Å². The van der Waals surface area contributed by atoms with Gasteiger partial charge in [0.1, 0.15) is 0 Å². The molecule has 4 aliphatic rings. The molecule has 4 rings (SSSR count). The first-order valence-electron chi connectivity index (χ1n) is 5.15. The summed E-state index contributed by atoms with van der Waals surface area (Å²) in [5.41, 5.74) is 4.86. The fourth-order valence-electron chi connectivity index (χ4n) is 4.40. The highest BCUT2D eigenvalue weighted by atomic mass is 32.1. The van der Waals surface area contributed by atoms with Crippen LogP contribution in [0.3, 0.4) is 0 Å². The SMILES string of the molecule is [NH3+]C12C[C@@H]3C[C@@H](C1)CC(S)(C3)C2. The minimum absolute atomic E-state index is 0.395. The van der Waals surface area contributed by atoms with Crippen molar-refractivity contribution in [3.8, 4) is 0 Å². The normalized spacial score (nSPS) is 62.5. The molecule has 0 aliphatic heterocycles. The van der Waals surface area contributed by atoms with Crippen LogP contribution in [0.4, 0.5) is 0 Å². The highest BCUT2D eigenvalue weighted by Crippen LogP contribution is 2.58. The van der Waals surface area contributed by atoms with Crippen molar-refractivity contribution in [2.24, 2.45) is 11.8 Å². The summed E-state index contributed by atoms with van der Waals surface area (Å²) in [4.78, 5) is 0. The van der Waals surface area contributed by atoms with E-state index in [1.165, 1.54) is 38.5 Å². The molecular weight excluding hydrogens is 166 g/mol. The van der Waals surface area contributed by atoms with Crippen LogP contribution in [0.5, 0.6) is 0 Å². The molecular formula is C10H18NS+. The maximum atomic E-state index is 4.86. The average molecular weight is 184 g/mol. The van der Waals surface area contributed by atoms with Gasteiger partial charge in [-0.3, -0.25) is 0 Å². The standard InChI is InChI=1S/C10H17NS/c11-9-2-7-1-8(3-9)5-10(12,4-7)6-9/h7-8,12H,1-6,11H2/p+1/t7-,8-,9?,10?/m0/s1. The molecule has 4 aliphatic carbocycles. The third-order valence-corrected chi connectivity index (χ3v) is 4.67. The molecule has 1 nitrogen and oxygen atoms in total. The monoisotopic (exact) mass is 184 g/mol. The zero-order valence-corrected chi connectivity index (χ0v) is 8.45. The van der Waals surface area contributed by atoms with E-state index in [0.29, 0.717) is 10.3 Å². The van der Waals surface area contributed by atoms with E-state index in [-0.39, 0.29) is 0 Å². The number of hydrogen-bond acceptors (Lipinski definition) is 1. The van der Waals surface area contributed by atoms with Crippen LogP contribution in [0.15, 0.2) is 0 Å². The zero-order chi connectivity index (χ0) is 8.40. The second-order valence-electron chi connectivity index (χ2n) is 5.69. The topological polar surface area (TPSA) is 27.6 Å². The lowest BCUT2D eigenvalue weighted by Gasteiger charge is -2.57. The first-order valence-corrected chi connectivity index (χ1v) is 5.60. The summed E-state index contributed by atoms with van der Waals surface area (Å²) in [7, 11) is 0. The van der Waals surface area contributed by atoms with E-state index in [9.17, 15) is 0 Å². The molecule has 12 heavy (non-hydrogen) atoms. The third kappa shape index (κ3) is 0.973. The molecule has 4 bridgehead atoms. The predicted molar refractivity (Wildman–Crippen MR) is 52.0 cm³/mol. The average Bonchev–Trinajstić information content (AvgIpc) is 1.75. The van der Waals surface area contributed by atoms with Crippen molar-refractivity contribution in [2.75, 3.05) is 0 Å².